The summed E-state index contributed by atoms with van der Waals surface area (Å²) in [5, 5.41) is 29.4. The van der Waals surface area contributed by atoms with E-state index >= 15 is 0 Å². The Hall–Kier alpha value is -1.90. The fourth-order valence-electron chi connectivity index (χ4n) is 3.21. The summed E-state index contributed by atoms with van der Waals surface area (Å²) in [7, 11) is 0. The molecule has 5 heteroatoms. The molecule has 27 heavy (non-hydrogen) atoms. The maximum atomic E-state index is 10.0. The van der Waals surface area contributed by atoms with Crippen molar-refractivity contribution in [2.45, 2.75) is 51.4 Å². The fourth-order valence-corrected chi connectivity index (χ4v) is 3.34. The third kappa shape index (κ3) is 5.79. The zero-order valence-electron chi connectivity index (χ0n) is 15.7. The zero-order chi connectivity index (χ0) is 19.8. The summed E-state index contributed by atoms with van der Waals surface area (Å²) in [6.45, 7) is 3.89. The Morgan fingerprint density at radius 2 is 1.85 bits per heavy atom. The molecule has 1 aliphatic rings. The summed E-state index contributed by atoms with van der Waals surface area (Å²) in [5.41, 5.74) is 3.51. The molecule has 2 aromatic carbocycles. The lowest BCUT2D eigenvalue weighted by molar-refractivity contribution is -0.113. The first-order chi connectivity index (χ1) is 13.1. The highest BCUT2D eigenvalue weighted by Gasteiger charge is 2.29. The molecule has 2 N–H and O–H groups in total. The van der Waals surface area contributed by atoms with Crippen LogP contribution in [0, 0.1) is 11.3 Å². The number of nitrogens with zero attached hydrogens (tertiary/aromatic N) is 1. The van der Waals surface area contributed by atoms with E-state index in [1.54, 1.807) is 6.07 Å². The van der Waals surface area contributed by atoms with Gasteiger partial charge in [0.15, 0.2) is 0 Å². The Balaban J connectivity index is 0.00000126. The van der Waals surface area contributed by atoms with Crippen LogP contribution >= 0.6 is 11.6 Å². The summed E-state index contributed by atoms with van der Waals surface area (Å²) >= 11 is 5.93. The van der Waals surface area contributed by atoms with Gasteiger partial charge in [0.25, 0.3) is 0 Å². The van der Waals surface area contributed by atoms with Crippen molar-refractivity contribution in [1.29, 1.82) is 5.26 Å². The fraction of sp³-hybridized carbons (Fsp3) is 0.409. The molecule has 0 aliphatic carbocycles. The van der Waals surface area contributed by atoms with Gasteiger partial charge in [0.2, 0.25) is 0 Å². The van der Waals surface area contributed by atoms with Gasteiger partial charge in [0.05, 0.1) is 36.6 Å². The van der Waals surface area contributed by atoms with E-state index in [1.807, 2.05) is 50.2 Å². The third-order valence-electron chi connectivity index (χ3n) is 4.51. The van der Waals surface area contributed by atoms with Gasteiger partial charge in [0.1, 0.15) is 0 Å². The number of rotatable bonds is 4. The molecule has 0 spiro atoms. The minimum Gasteiger partial charge on any atom is -0.394 e. The molecule has 0 radical (unpaired) electrons. The number of aliphatic hydroxyl groups is 2. The highest BCUT2D eigenvalue weighted by Crippen LogP contribution is 2.32. The molecule has 0 amide bonds. The second-order valence-corrected chi connectivity index (χ2v) is 6.82. The Morgan fingerprint density at radius 1 is 1.15 bits per heavy atom. The van der Waals surface area contributed by atoms with Gasteiger partial charge in [-0.15, -0.1) is 0 Å². The molecule has 144 valence electrons. The van der Waals surface area contributed by atoms with Crippen molar-refractivity contribution in [3.8, 4) is 6.07 Å². The van der Waals surface area contributed by atoms with Crippen LogP contribution in [-0.2, 0) is 11.2 Å². The number of nitriles is 1. The highest BCUT2D eigenvalue weighted by atomic mass is 35.5. The molecule has 3 atom stereocenters. The molecule has 0 bridgehead atoms. The molecular weight excluding hydrogens is 362 g/mol. The molecule has 3 unspecified atom stereocenters. The predicted molar refractivity (Wildman–Crippen MR) is 107 cm³/mol. The smallest absolute Gasteiger partial charge is 0.0994 e. The van der Waals surface area contributed by atoms with Gasteiger partial charge in [-0.25, -0.2) is 0 Å². The molecule has 1 fully saturated rings. The average molecular weight is 388 g/mol. The predicted octanol–water partition coefficient (Wildman–Crippen LogP) is 4.40. The lowest BCUT2D eigenvalue weighted by Gasteiger charge is -2.32. The van der Waals surface area contributed by atoms with Crippen LogP contribution in [0.15, 0.2) is 42.5 Å². The van der Waals surface area contributed by atoms with Crippen LogP contribution in [0.4, 0.5) is 0 Å². The summed E-state index contributed by atoms with van der Waals surface area (Å²) < 4.78 is 5.88. The first kappa shape index (κ1) is 21.4. The van der Waals surface area contributed by atoms with Crippen molar-refractivity contribution >= 4 is 11.6 Å². The Bertz CT molecular complexity index is 770. The molecule has 3 rings (SSSR count). The van der Waals surface area contributed by atoms with Gasteiger partial charge >= 0.3 is 0 Å². The lowest BCUT2D eigenvalue weighted by Crippen LogP contribution is -2.33. The first-order valence-corrected chi connectivity index (χ1v) is 9.68. The monoisotopic (exact) mass is 387 g/mol. The third-order valence-corrected chi connectivity index (χ3v) is 4.76. The Labute approximate surface area is 166 Å². The van der Waals surface area contributed by atoms with Gasteiger partial charge < -0.3 is 14.9 Å². The van der Waals surface area contributed by atoms with Crippen LogP contribution in [0.5, 0.6) is 0 Å². The van der Waals surface area contributed by atoms with E-state index < -0.39 is 6.10 Å². The summed E-state index contributed by atoms with van der Waals surface area (Å²) in [6.07, 6.45) is 0.420. The van der Waals surface area contributed by atoms with Crippen molar-refractivity contribution in [1.82, 2.24) is 0 Å². The largest absolute Gasteiger partial charge is 0.394 e. The van der Waals surface area contributed by atoms with E-state index in [4.69, 9.17) is 16.3 Å². The van der Waals surface area contributed by atoms with E-state index in [9.17, 15) is 15.5 Å². The van der Waals surface area contributed by atoms with E-state index in [1.165, 1.54) is 0 Å². The maximum absolute atomic E-state index is 10.0. The van der Waals surface area contributed by atoms with Crippen molar-refractivity contribution in [3.05, 3.63) is 69.7 Å². The number of ether oxygens (including phenoxy) is 1. The number of hydrogen-bond donors (Lipinski definition) is 2. The minimum absolute atomic E-state index is 0.110. The molecule has 1 heterocycles. The topological polar surface area (TPSA) is 73.5 Å². The van der Waals surface area contributed by atoms with Gasteiger partial charge in [0, 0.05) is 17.9 Å². The van der Waals surface area contributed by atoms with Crippen molar-refractivity contribution < 1.29 is 14.9 Å². The van der Waals surface area contributed by atoms with Gasteiger partial charge in [-0.1, -0.05) is 49.7 Å². The molecule has 0 aromatic heterocycles. The van der Waals surface area contributed by atoms with Crippen LogP contribution in [0.25, 0.3) is 0 Å². The van der Waals surface area contributed by atoms with E-state index in [2.05, 4.69) is 6.07 Å². The van der Waals surface area contributed by atoms with Crippen LogP contribution in [0.1, 0.15) is 55.0 Å². The number of aliphatic hydroxyl groups excluding tert-OH is 2. The molecule has 4 nitrogen and oxygen atoms in total. The van der Waals surface area contributed by atoms with Crippen LogP contribution in [0.2, 0.25) is 5.02 Å². The average Bonchev–Trinajstić information content (AvgIpc) is 2.70. The quantitative estimate of drug-likeness (QED) is 0.815. The van der Waals surface area contributed by atoms with E-state index in [-0.39, 0.29) is 18.8 Å². The molecule has 1 saturated heterocycles. The minimum atomic E-state index is -0.494. The summed E-state index contributed by atoms with van der Waals surface area (Å²) in [5.74, 6) is 0. The summed E-state index contributed by atoms with van der Waals surface area (Å²) in [4.78, 5) is 0. The zero-order valence-corrected chi connectivity index (χ0v) is 16.5. The van der Waals surface area contributed by atoms with Crippen molar-refractivity contribution in [3.63, 3.8) is 0 Å². The molecule has 0 saturated carbocycles. The van der Waals surface area contributed by atoms with Gasteiger partial charge in [-0.3, -0.25) is 0 Å². The van der Waals surface area contributed by atoms with Crippen LogP contribution < -0.4 is 0 Å². The normalized spacial score (nSPS) is 21.7. The Morgan fingerprint density at radius 3 is 2.48 bits per heavy atom. The molecular formula is C22H26ClNO3. The number of halogens is 1. The van der Waals surface area contributed by atoms with Gasteiger partial charge in [-0.05, 0) is 41.3 Å². The number of benzene rings is 2. The second-order valence-electron chi connectivity index (χ2n) is 6.39. The van der Waals surface area contributed by atoms with E-state index in [0.29, 0.717) is 29.8 Å². The Kier molecular flexibility index (Phi) is 8.27. The van der Waals surface area contributed by atoms with Crippen molar-refractivity contribution in [2.75, 3.05) is 6.61 Å². The van der Waals surface area contributed by atoms with Crippen LogP contribution in [-0.4, -0.2) is 29.0 Å². The second kappa shape index (κ2) is 10.4. The first-order valence-electron chi connectivity index (χ1n) is 9.30. The SMILES string of the molecule is CC.N#Cc1ccc(C2CC(O)CC(CO)O2)cc1Cc1ccc(Cl)cc1. The molecule has 2 aromatic rings. The van der Waals surface area contributed by atoms with Gasteiger partial charge in [-0.2, -0.15) is 5.26 Å². The summed E-state index contributed by atoms with van der Waals surface area (Å²) in [6, 6.07) is 15.4. The standard InChI is InChI=1S/C20H20ClNO3.C2H6/c21-17-5-1-13(2-6-17)7-16-8-14(3-4-15(16)11-22)20-10-18(24)9-19(12-23)25-20;1-2/h1-6,8,18-20,23-24H,7,9-10,12H2;1-2H3. The van der Waals surface area contributed by atoms with Crippen molar-refractivity contribution in [2.24, 2.45) is 0 Å². The molecule has 1 aliphatic heterocycles. The highest BCUT2D eigenvalue weighted by molar-refractivity contribution is 6.30. The number of hydrogen-bond acceptors (Lipinski definition) is 4. The van der Waals surface area contributed by atoms with E-state index in [0.717, 1.165) is 16.7 Å². The lowest BCUT2D eigenvalue weighted by atomic mass is 9.92. The van der Waals surface area contributed by atoms with Crippen LogP contribution in [0.3, 0.4) is 0 Å². The maximum Gasteiger partial charge on any atom is 0.0994 e.